The summed E-state index contributed by atoms with van der Waals surface area (Å²) in [6.45, 7) is 8.32. The van der Waals surface area contributed by atoms with Crippen LogP contribution in [0, 0.1) is 13.8 Å². The van der Waals surface area contributed by atoms with Gasteiger partial charge >= 0.3 is 0 Å². The minimum Gasteiger partial charge on any atom is -0.496 e. The van der Waals surface area contributed by atoms with Crippen molar-refractivity contribution in [3.05, 3.63) is 28.8 Å². The van der Waals surface area contributed by atoms with E-state index in [1.807, 2.05) is 35.8 Å². The standard InChI is InChI=1S/C18H26N2O3/c1-13-14(2)17(23-4)7-6-16(13)12-18(22)20-9-5-8-19(10-11-20)15(3)21/h6-7H,5,8-12H2,1-4H3. The monoisotopic (exact) mass is 318 g/mol. The van der Waals surface area contributed by atoms with E-state index in [1.54, 1.807) is 14.0 Å². The molecule has 23 heavy (non-hydrogen) atoms. The van der Waals surface area contributed by atoms with Crippen molar-refractivity contribution in [1.29, 1.82) is 0 Å². The Balaban J connectivity index is 2.05. The second-order valence-corrected chi connectivity index (χ2v) is 6.09. The molecule has 0 bridgehead atoms. The Kier molecular flexibility index (Phi) is 5.64. The Morgan fingerprint density at radius 1 is 1.04 bits per heavy atom. The minimum absolute atomic E-state index is 0.0842. The molecule has 1 aliphatic heterocycles. The predicted octanol–water partition coefficient (Wildman–Crippen LogP) is 1.94. The first-order chi connectivity index (χ1) is 10.9. The van der Waals surface area contributed by atoms with Gasteiger partial charge in [0.25, 0.3) is 0 Å². The third kappa shape index (κ3) is 4.03. The third-order valence-electron chi connectivity index (χ3n) is 4.71. The number of ether oxygens (including phenoxy) is 1. The van der Waals surface area contributed by atoms with Crippen LogP contribution < -0.4 is 4.74 Å². The van der Waals surface area contributed by atoms with E-state index in [1.165, 1.54) is 0 Å². The van der Waals surface area contributed by atoms with E-state index in [-0.39, 0.29) is 11.8 Å². The van der Waals surface area contributed by atoms with E-state index in [4.69, 9.17) is 4.74 Å². The Hall–Kier alpha value is -2.04. The Bertz CT molecular complexity index is 598. The Morgan fingerprint density at radius 3 is 2.35 bits per heavy atom. The maximum atomic E-state index is 12.6. The summed E-state index contributed by atoms with van der Waals surface area (Å²) in [6, 6.07) is 3.89. The first-order valence-corrected chi connectivity index (χ1v) is 8.10. The van der Waals surface area contributed by atoms with Gasteiger partial charge in [0.1, 0.15) is 5.75 Å². The summed E-state index contributed by atoms with van der Waals surface area (Å²) in [5.74, 6) is 1.06. The lowest BCUT2D eigenvalue weighted by atomic mass is 9.99. The van der Waals surface area contributed by atoms with Crippen molar-refractivity contribution in [2.75, 3.05) is 33.3 Å². The van der Waals surface area contributed by atoms with Gasteiger partial charge in [0.15, 0.2) is 0 Å². The molecule has 1 fully saturated rings. The minimum atomic E-state index is 0.0842. The normalized spacial score (nSPS) is 15.3. The number of amides is 2. The molecule has 126 valence electrons. The number of carbonyl (C=O) groups is 2. The molecular weight excluding hydrogens is 292 g/mol. The molecule has 2 amide bonds. The lowest BCUT2D eigenvalue weighted by Crippen LogP contribution is -2.37. The van der Waals surface area contributed by atoms with Crippen LogP contribution in [0.1, 0.15) is 30.0 Å². The van der Waals surface area contributed by atoms with E-state index >= 15 is 0 Å². The van der Waals surface area contributed by atoms with E-state index in [0.717, 1.165) is 42.0 Å². The van der Waals surface area contributed by atoms with Crippen LogP contribution in [-0.2, 0) is 16.0 Å². The van der Waals surface area contributed by atoms with Crippen LogP contribution in [-0.4, -0.2) is 54.9 Å². The van der Waals surface area contributed by atoms with E-state index in [0.29, 0.717) is 19.5 Å². The Morgan fingerprint density at radius 2 is 1.70 bits per heavy atom. The van der Waals surface area contributed by atoms with Crippen LogP contribution in [0.5, 0.6) is 5.75 Å². The molecule has 0 spiro atoms. The second kappa shape index (κ2) is 7.49. The number of benzene rings is 1. The molecule has 0 aliphatic carbocycles. The quantitative estimate of drug-likeness (QED) is 0.856. The molecule has 5 heteroatoms. The van der Waals surface area contributed by atoms with Crippen molar-refractivity contribution in [2.24, 2.45) is 0 Å². The summed E-state index contributed by atoms with van der Waals surface area (Å²) in [7, 11) is 1.66. The first kappa shape index (κ1) is 17.3. The van der Waals surface area contributed by atoms with Crippen LogP contribution >= 0.6 is 0 Å². The van der Waals surface area contributed by atoms with E-state index in [9.17, 15) is 9.59 Å². The largest absolute Gasteiger partial charge is 0.496 e. The molecule has 2 rings (SSSR count). The average Bonchev–Trinajstić information content (AvgIpc) is 2.78. The van der Waals surface area contributed by atoms with Crippen molar-refractivity contribution in [3.8, 4) is 5.75 Å². The van der Waals surface area contributed by atoms with Crippen LogP contribution in [0.15, 0.2) is 12.1 Å². The number of rotatable bonds is 3. The molecule has 0 aromatic heterocycles. The second-order valence-electron chi connectivity index (χ2n) is 6.09. The molecule has 0 atom stereocenters. The van der Waals surface area contributed by atoms with Gasteiger partial charge in [0, 0.05) is 33.1 Å². The maximum Gasteiger partial charge on any atom is 0.227 e. The smallest absolute Gasteiger partial charge is 0.227 e. The molecule has 1 aromatic rings. The molecule has 1 heterocycles. The van der Waals surface area contributed by atoms with Crippen LogP contribution in [0.25, 0.3) is 0 Å². The summed E-state index contributed by atoms with van der Waals surface area (Å²) in [4.78, 5) is 27.8. The number of carbonyl (C=O) groups excluding carboxylic acids is 2. The predicted molar refractivity (Wildman–Crippen MR) is 89.6 cm³/mol. The molecular formula is C18H26N2O3. The molecule has 0 radical (unpaired) electrons. The maximum absolute atomic E-state index is 12.6. The molecule has 0 N–H and O–H groups in total. The van der Waals surface area contributed by atoms with Gasteiger partial charge in [-0.3, -0.25) is 9.59 Å². The fraction of sp³-hybridized carbons (Fsp3) is 0.556. The highest BCUT2D eigenvalue weighted by Gasteiger charge is 2.21. The van der Waals surface area contributed by atoms with Crippen LogP contribution in [0.2, 0.25) is 0 Å². The van der Waals surface area contributed by atoms with E-state index in [2.05, 4.69) is 0 Å². The van der Waals surface area contributed by atoms with Gasteiger partial charge in [-0.2, -0.15) is 0 Å². The Labute approximate surface area is 138 Å². The molecule has 1 aromatic carbocycles. The zero-order chi connectivity index (χ0) is 17.0. The molecule has 5 nitrogen and oxygen atoms in total. The molecule has 0 unspecified atom stereocenters. The number of methoxy groups -OCH3 is 1. The van der Waals surface area contributed by atoms with Gasteiger partial charge in [-0.15, -0.1) is 0 Å². The van der Waals surface area contributed by atoms with Gasteiger partial charge in [-0.05, 0) is 43.0 Å². The lowest BCUT2D eigenvalue weighted by Gasteiger charge is -2.22. The van der Waals surface area contributed by atoms with Crippen molar-refractivity contribution in [1.82, 2.24) is 9.80 Å². The SMILES string of the molecule is COc1ccc(CC(=O)N2CCCN(C(C)=O)CC2)c(C)c1C. The summed E-state index contributed by atoms with van der Waals surface area (Å²) in [5, 5.41) is 0. The highest BCUT2D eigenvalue weighted by Crippen LogP contribution is 2.24. The number of hydrogen-bond acceptors (Lipinski definition) is 3. The van der Waals surface area contributed by atoms with Crippen molar-refractivity contribution < 1.29 is 14.3 Å². The van der Waals surface area contributed by atoms with Gasteiger partial charge in [0.2, 0.25) is 11.8 Å². The van der Waals surface area contributed by atoms with Gasteiger partial charge < -0.3 is 14.5 Å². The van der Waals surface area contributed by atoms with Crippen molar-refractivity contribution in [2.45, 2.75) is 33.6 Å². The fourth-order valence-corrected chi connectivity index (χ4v) is 3.02. The summed E-state index contributed by atoms with van der Waals surface area (Å²) < 4.78 is 5.32. The average molecular weight is 318 g/mol. The molecule has 0 saturated carbocycles. The third-order valence-corrected chi connectivity index (χ3v) is 4.71. The van der Waals surface area contributed by atoms with Gasteiger partial charge in [0.05, 0.1) is 13.5 Å². The number of nitrogens with zero attached hydrogens (tertiary/aromatic N) is 2. The van der Waals surface area contributed by atoms with Crippen molar-refractivity contribution >= 4 is 11.8 Å². The van der Waals surface area contributed by atoms with Crippen molar-refractivity contribution in [3.63, 3.8) is 0 Å². The van der Waals surface area contributed by atoms with Crippen LogP contribution in [0.4, 0.5) is 0 Å². The number of hydrogen-bond donors (Lipinski definition) is 0. The summed E-state index contributed by atoms with van der Waals surface area (Å²) in [5.41, 5.74) is 3.23. The lowest BCUT2D eigenvalue weighted by molar-refractivity contribution is -0.132. The summed E-state index contributed by atoms with van der Waals surface area (Å²) >= 11 is 0. The zero-order valence-corrected chi connectivity index (χ0v) is 14.5. The highest BCUT2D eigenvalue weighted by molar-refractivity contribution is 5.79. The molecule has 1 saturated heterocycles. The van der Waals surface area contributed by atoms with Gasteiger partial charge in [-0.1, -0.05) is 6.07 Å². The fourth-order valence-electron chi connectivity index (χ4n) is 3.02. The summed E-state index contributed by atoms with van der Waals surface area (Å²) in [6.07, 6.45) is 1.24. The highest BCUT2D eigenvalue weighted by atomic mass is 16.5. The topological polar surface area (TPSA) is 49.9 Å². The van der Waals surface area contributed by atoms with Gasteiger partial charge in [-0.25, -0.2) is 0 Å². The first-order valence-electron chi connectivity index (χ1n) is 8.10. The van der Waals surface area contributed by atoms with Crippen LogP contribution in [0.3, 0.4) is 0 Å². The molecule has 1 aliphatic rings. The van der Waals surface area contributed by atoms with E-state index < -0.39 is 0 Å². The zero-order valence-electron chi connectivity index (χ0n) is 14.5.